The van der Waals surface area contributed by atoms with E-state index >= 15 is 0 Å². The van der Waals surface area contributed by atoms with Gasteiger partial charge in [0, 0.05) is 11.1 Å². The molecule has 23 heavy (non-hydrogen) atoms. The molecule has 0 radical (unpaired) electrons. The summed E-state index contributed by atoms with van der Waals surface area (Å²) >= 11 is 0. The van der Waals surface area contributed by atoms with Crippen LogP contribution in [0.1, 0.15) is 56.9 Å². The third kappa shape index (κ3) is 2.28. The summed E-state index contributed by atoms with van der Waals surface area (Å²) in [6, 6.07) is 9.25. The predicted octanol–water partition coefficient (Wildman–Crippen LogP) is 4.91. The fourth-order valence-corrected chi connectivity index (χ4v) is 3.97. The van der Waals surface area contributed by atoms with E-state index in [0.29, 0.717) is 23.1 Å². The molecular weight excluding hydrogens is 301 g/mol. The molecule has 0 heterocycles. The van der Waals surface area contributed by atoms with Gasteiger partial charge in [-0.2, -0.15) is 13.2 Å². The highest BCUT2D eigenvalue weighted by Crippen LogP contribution is 2.41. The molecule has 0 N–H and O–H groups in total. The maximum atomic E-state index is 13.0. The number of fused-ring (bicyclic) bond motifs is 1. The minimum atomic E-state index is -4.38. The Kier molecular flexibility index (Phi) is 3.12. The molecule has 0 bridgehead atoms. The first-order valence-corrected chi connectivity index (χ1v) is 7.82. The molecule has 0 saturated heterocycles. The lowest BCUT2D eigenvalue weighted by Gasteiger charge is -2.26. The van der Waals surface area contributed by atoms with Crippen molar-refractivity contribution in [2.75, 3.05) is 0 Å². The van der Waals surface area contributed by atoms with Gasteiger partial charge >= 0.3 is 6.18 Å². The first kappa shape index (κ1) is 14.5. The molecule has 0 fully saturated rings. The van der Waals surface area contributed by atoms with Crippen molar-refractivity contribution < 1.29 is 18.0 Å². The molecule has 0 spiro atoms. The largest absolute Gasteiger partial charge is 0.416 e. The number of hydrogen-bond donors (Lipinski definition) is 0. The Bertz CT molecular complexity index is 805. The summed E-state index contributed by atoms with van der Waals surface area (Å²) in [6.07, 6.45) is -0.988. The van der Waals surface area contributed by atoms with Crippen LogP contribution in [-0.2, 0) is 19.0 Å². The highest BCUT2D eigenvalue weighted by Gasteiger charge is 2.35. The molecule has 1 nitrogen and oxygen atoms in total. The smallest absolute Gasteiger partial charge is 0.289 e. The van der Waals surface area contributed by atoms with Crippen molar-refractivity contribution in [3.8, 4) is 0 Å². The minimum Gasteiger partial charge on any atom is -0.289 e. The van der Waals surface area contributed by atoms with E-state index in [-0.39, 0.29) is 11.7 Å². The van der Waals surface area contributed by atoms with E-state index in [9.17, 15) is 18.0 Å². The van der Waals surface area contributed by atoms with Crippen molar-refractivity contribution >= 4 is 5.78 Å². The average Bonchev–Trinajstić information content (AvgIpc) is 2.64. The van der Waals surface area contributed by atoms with Crippen molar-refractivity contribution in [1.29, 1.82) is 0 Å². The van der Waals surface area contributed by atoms with Crippen LogP contribution in [0.2, 0.25) is 0 Å². The Labute approximate surface area is 132 Å². The standard InChI is InChI=1S/C19H15F3O/c20-19(21,22)14-7-8-15-13(10-14)9-12-5-1-3-11-4-2-6-16(17(11)12)18(15)23/h2,4,6-8,10,12H,1,3,5,9H2. The van der Waals surface area contributed by atoms with Crippen LogP contribution in [0.3, 0.4) is 0 Å². The van der Waals surface area contributed by atoms with Crippen LogP contribution in [0.25, 0.3) is 0 Å². The van der Waals surface area contributed by atoms with Gasteiger partial charge in [0.15, 0.2) is 5.78 Å². The van der Waals surface area contributed by atoms with Crippen LogP contribution in [0.5, 0.6) is 0 Å². The highest BCUT2D eigenvalue weighted by molar-refractivity contribution is 6.11. The van der Waals surface area contributed by atoms with Crippen molar-refractivity contribution in [1.82, 2.24) is 0 Å². The lowest BCUT2D eigenvalue weighted by atomic mass is 9.78. The molecule has 0 aromatic heterocycles. The molecule has 1 unspecified atom stereocenters. The number of alkyl halides is 3. The van der Waals surface area contributed by atoms with Crippen molar-refractivity contribution in [3.05, 3.63) is 69.8 Å². The molecule has 2 aliphatic rings. The first-order chi connectivity index (χ1) is 10.9. The zero-order valence-electron chi connectivity index (χ0n) is 12.4. The van der Waals surface area contributed by atoms with E-state index in [1.165, 1.54) is 11.6 Å². The van der Waals surface area contributed by atoms with E-state index in [1.54, 1.807) is 0 Å². The second kappa shape index (κ2) is 4.95. The summed E-state index contributed by atoms with van der Waals surface area (Å²) in [5, 5.41) is 0. The van der Waals surface area contributed by atoms with Gasteiger partial charge in [0.25, 0.3) is 0 Å². The third-order valence-corrected chi connectivity index (χ3v) is 4.99. The Morgan fingerprint density at radius 3 is 2.61 bits per heavy atom. The summed E-state index contributed by atoms with van der Waals surface area (Å²) in [5.41, 5.74) is 3.18. The van der Waals surface area contributed by atoms with E-state index in [2.05, 4.69) is 0 Å². The van der Waals surface area contributed by atoms with E-state index in [0.717, 1.165) is 37.0 Å². The van der Waals surface area contributed by atoms with Gasteiger partial charge in [-0.25, -0.2) is 0 Å². The zero-order chi connectivity index (χ0) is 16.2. The maximum Gasteiger partial charge on any atom is 0.416 e. The molecule has 2 aromatic rings. The van der Waals surface area contributed by atoms with Crippen LogP contribution in [-0.4, -0.2) is 5.78 Å². The fraction of sp³-hybridized carbons (Fsp3) is 0.316. The highest BCUT2D eigenvalue weighted by atomic mass is 19.4. The lowest BCUT2D eigenvalue weighted by Crippen LogP contribution is -2.14. The Morgan fingerprint density at radius 2 is 1.83 bits per heavy atom. The third-order valence-electron chi connectivity index (χ3n) is 4.99. The summed E-state index contributed by atoms with van der Waals surface area (Å²) in [5.74, 6) is -0.00129. The Balaban J connectivity index is 1.91. The quantitative estimate of drug-likeness (QED) is 0.675. The van der Waals surface area contributed by atoms with Crippen LogP contribution in [0.4, 0.5) is 13.2 Å². The lowest BCUT2D eigenvalue weighted by molar-refractivity contribution is -0.137. The summed E-state index contributed by atoms with van der Waals surface area (Å²) in [7, 11) is 0. The fourth-order valence-electron chi connectivity index (χ4n) is 3.97. The summed E-state index contributed by atoms with van der Waals surface area (Å²) in [6.45, 7) is 0. The molecule has 4 rings (SSSR count). The number of benzene rings is 2. The molecule has 2 aromatic carbocycles. The van der Waals surface area contributed by atoms with Gasteiger partial charge in [0.2, 0.25) is 0 Å². The minimum absolute atomic E-state index is 0.142. The van der Waals surface area contributed by atoms with Crippen LogP contribution < -0.4 is 0 Å². The number of aryl methyl sites for hydroxylation is 1. The number of halogens is 3. The van der Waals surface area contributed by atoms with Gasteiger partial charge in [-0.15, -0.1) is 0 Å². The molecule has 4 heteroatoms. The SMILES string of the molecule is O=C1c2ccc(C(F)(F)F)cc2CC2CCCc3cccc1c32. The number of carbonyl (C=O) groups is 1. The number of rotatable bonds is 0. The maximum absolute atomic E-state index is 13.0. The van der Waals surface area contributed by atoms with Gasteiger partial charge < -0.3 is 0 Å². The van der Waals surface area contributed by atoms with Gasteiger partial charge in [-0.05, 0) is 60.4 Å². The van der Waals surface area contributed by atoms with E-state index < -0.39 is 11.7 Å². The predicted molar refractivity (Wildman–Crippen MR) is 80.7 cm³/mol. The number of hydrogen-bond acceptors (Lipinski definition) is 1. The molecular formula is C19H15F3O. The van der Waals surface area contributed by atoms with Crippen LogP contribution in [0.15, 0.2) is 36.4 Å². The van der Waals surface area contributed by atoms with Crippen molar-refractivity contribution in [2.24, 2.45) is 0 Å². The molecule has 0 saturated carbocycles. The van der Waals surface area contributed by atoms with Gasteiger partial charge in [-0.1, -0.05) is 24.3 Å². The average molecular weight is 316 g/mol. The molecule has 118 valence electrons. The van der Waals surface area contributed by atoms with E-state index in [1.807, 2.05) is 18.2 Å². The zero-order valence-corrected chi connectivity index (χ0v) is 12.4. The molecule has 0 amide bonds. The van der Waals surface area contributed by atoms with Gasteiger partial charge in [0.1, 0.15) is 0 Å². The first-order valence-electron chi connectivity index (χ1n) is 7.82. The number of ketones is 1. The van der Waals surface area contributed by atoms with Gasteiger partial charge in [0.05, 0.1) is 5.56 Å². The molecule has 2 aliphatic carbocycles. The van der Waals surface area contributed by atoms with Crippen molar-refractivity contribution in [3.63, 3.8) is 0 Å². The monoisotopic (exact) mass is 316 g/mol. The second-order valence-electron chi connectivity index (χ2n) is 6.37. The Hall–Kier alpha value is -2.10. The summed E-state index contributed by atoms with van der Waals surface area (Å²) < 4.78 is 39.0. The topological polar surface area (TPSA) is 17.1 Å². The molecule has 1 atom stereocenters. The van der Waals surface area contributed by atoms with Crippen LogP contribution in [0, 0.1) is 0 Å². The number of carbonyl (C=O) groups excluding carboxylic acids is 1. The normalized spacial score (nSPS) is 19.8. The van der Waals surface area contributed by atoms with Crippen molar-refractivity contribution in [2.45, 2.75) is 37.8 Å². The van der Waals surface area contributed by atoms with E-state index in [4.69, 9.17) is 0 Å². The Morgan fingerprint density at radius 1 is 1.00 bits per heavy atom. The molecule has 0 aliphatic heterocycles. The van der Waals surface area contributed by atoms with Crippen LogP contribution >= 0.6 is 0 Å². The van der Waals surface area contributed by atoms with Gasteiger partial charge in [-0.3, -0.25) is 4.79 Å². The second-order valence-corrected chi connectivity index (χ2v) is 6.37. The summed E-state index contributed by atoms with van der Waals surface area (Å²) in [4.78, 5) is 12.8.